The van der Waals surface area contributed by atoms with Gasteiger partial charge < -0.3 is 15.0 Å². The quantitative estimate of drug-likeness (QED) is 0.803. The van der Waals surface area contributed by atoms with Crippen molar-refractivity contribution in [1.82, 2.24) is 15.1 Å². The Morgan fingerprint density at radius 2 is 1.83 bits per heavy atom. The van der Waals surface area contributed by atoms with E-state index in [-0.39, 0.29) is 5.82 Å². The van der Waals surface area contributed by atoms with E-state index in [0.29, 0.717) is 0 Å². The fraction of sp³-hybridized carbons (Fsp3) is 0.278. The molecule has 0 bridgehead atoms. The molecule has 124 valence electrons. The molecule has 0 atom stereocenters. The number of aromatic nitrogens is 2. The third-order valence-corrected chi connectivity index (χ3v) is 4.36. The van der Waals surface area contributed by atoms with Gasteiger partial charge in [-0.2, -0.15) is 0 Å². The highest BCUT2D eigenvalue weighted by Crippen LogP contribution is 2.31. The Kier molecular flexibility index (Phi) is 3.82. The first kappa shape index (κ1) is 15.0. The lowest BCUT2D eigenvalue weighted by molar-refractivity contribution is 0.415. The summed E-state index contributed by atoms with van der Waals surface area (Å²) in [4.78, 5) is 2.28. The molecule has 0 radical (unpaired) electrons. The SMILES string of the molecule is COc1ccc2c(N3CCNCC3)nn(-c3ccc(F)cc3)c2c1. The number of hydrogen-bond acceptors (Lipinski definition) is 4. The van der Waals surface area contributed by atoms with Crippen molar-refractivity contribution in [3.63, 3.8) is 0 Å². The Morgan fingerprint density at radius 3 is 2.54 bits per heavy atom. The van der Waals surface area contributed by atoms with E-state index in [2.05, 4.69) is 10.2 Å². The maximum absolute atomic E-state index is 13.3. The number of halogens is 1. The van der Waals surface area contributed by atoms with Gasteiger partial charge in [-0.25, -0.2) is 9.07 Å². The van der Waals surface area contributed by atoms with Gasteiger partial charge in [-0.15, -0.1) is 5.10 Å². The second-order valence-electron chi connectivity index (χ2n) is 5.83. The second-order valence-corrected chi connectivity index (χ2v) is 5.83. The Bertz CT molecular complexity index is 853. The van der Waals surface area contributed by atoms with E-state index < -0.39 is 0 Å². The van der Waals surface area contributed by atoms with Crippen molar-refractivity contribution in [1.29, 1.82) is 0 Å². The zero-order valence-corrected chi connectivity index (χ0v) is 13.5. The van der Waals surface area contributed by atoms with E-state index in [0.717, 1.165) is 54.3 Å². The number of hydrogen-bond donors (Lipinski definition) is 1. The summed E-state index contributed by atoms with van der Waals surface area (Å²) in [6.07, 6.45) is 0. The highest BCUT2D eigenvalue weighted by atomic mass is 19.1. The van der Waals surface area contributed by atoms with Crippen LogP contribution in [0.3, 0.4) is 0 Å². The molecular formula is C18H19FN4O. The van der Waals surface area contributed by atoms with Gasteiger partial charge in [-0.3, -0.25) is 0 Å². The molecule has 0 amide bonds. The molecule has 0 unspecified atom stereocenters. The Morgan fingerprint density at radius 1 is 1.08 bits per heavy atom. The summed E-state index contributed by atoms with van der Waals surface area (Å²) in [5.41, 5.74) is 1.78. The van der Waals surface area contributed by atoms with Crippen molar-refractivity contribution >= 4 is 16.7 Å². The second kappa shape index (κ2) is 6.13. The molecule has 0 aliphatic carbocycles. The van der Waals surface area contributed by atoms with Crippen LogP contribution in [0.25, 0.3) is 16.6 Å². The molecule has 1 fully saturated rings. The van der Waals surface area contributed by atoms with Crippen LogP contribution in [-0.2, 0) is 0 Å². The summed E-state index contributed by atoms with van der Waals surface area (Å²) in [5.74, 6) is 1.48. The standard InChI is InChI=1S/C18H19FN4O/c1-24-15-6-7-16-17(12-15)23(14-4-2-13(19)3-5-14)21-18(16)22-10-8-20-9-11-22/h2-7,12,20H,8-11H2,1H3. The molecule has 1 aliphatic rings. The van der Waals surface area contributed by atoms with E-state index in [1.165, 1.54) is 12.1 Å². The molecule has 3 aromatic rings. The molecule has 0 saturated carbocycles. The van der Waals surface area contributed by atoms with Crippen molar-refractivity contribution in [2.75, 3.05) is 38.2 Å². The molecule has 1 N–H and O–H groups in total. The van der Waals surface area contributed by atoms with Crippen molar-refractivity contribution in [2.45, 2.75) is 0 Å². The lowest BCUT2D eigenvalue weighted by Crippen LogP contribution is -2.43. The average Bonchev–Trinajstić information content (AvgIpc) is 3.02. The third kappa shape index (κ3) is 2.59. The molecule has 1 aromatic heterocycles. The molecule has 5 nitrogen and oxygen atoms in total. The van der Waals surface area contributed by atoms with E-state index in [1.807, 2.05) is 22.9 Å². The molecule has 0 spiro atoms. The van der Waals surface area contributed by atoms with Crippen molar-refractivity contribution in [3.05, 3.63) is 48.3 Å². The van der Waals surface area contributed by atoms with Gasteiger partial charge in [0.1, 0.15) is 11.6 Å². The Balaban J connectivity index is 1.89. The summed E-state index contributed by atoms with van der Waals surface area (Å²) >= 11 is 0. The first-order valence-electron chi connectivity index (χ1n) is 8.04. The first-order valence-corrected chi connectivity index (χ1v) is 8.04. The summed E-state index contributed by atoms with van der Waals surface area (Å²) < 4.78 is 20.5. The predicted molar refractivity (Wildman–Crippen MR) is 92.7 cm³/mol. The van der Waals surface area contributed by atoms with E-state index >= 15 is 0 Å². The number of methoxy groups -OCH3 is 1. The minimum Gasteiger partial charge on any atom is -0.497 e. The molecule has 24 heavy (non-hydrogen) atoms. The maximum Gasteiger partial charge on any atom is 0.159 e. The van der Waals surface area contributed by atoms with Crippen LogP contribution in [0.1, 0.15) is 0 Å². The number of benzene rings is 2. The summed E-state index contributed by atoms with van der Waals surface area (Å²) in [6, 6.07) is 12.3. The number of nitrogens with zero attached hydrogens (tertiary/aromatic N) is 3. The van der Waals surface area contributed by atoms with Crippen LogP contribution in [0.15, 0.2) is 42.5 Å². The van der Waals surface area contributed by atoms with E-state index in [4.69, 9.17) is 9.84 Å². The number of anilines is 1. The van der Waals surface area contributed by atoms with Gasteiger partial charge in [0, 0.05) is 37.6 Å². The highest BCUT2D eigenvalue weighted by molar-refractivity contribution is 5.92. The van der Waals surface area contributed by atoms with Crippen molar-refractivity contribution in [2.24, 2.45) is 0 Å². The maximum atomic E-state index is 13.3. The lowest BCUT2D eigenvalue weighted by atomic mass is 10.2. The first-order chi connectivity index (χ1) is 11.8. The summed E-state index contributed by atoms with van der Waals surface area (Å²) in [6.45, 7) is 3.73. The predicted octanol–water partition coefficient (Wildman–Crippen LogP) is 2.58. The van der Waals surface area contributed by atoms with Gasteiger partial charge in [-0.05, 0) is 36.4 Å². The fourth-order valence-corrected chi connectivity index (χ4v) is 3.09. The van der Waals surface area contributed by atoms with Gasteiger partial charge in [0.05, 0.1) is 18.3 Å². The molecule has 1 aliphatic heterocycles. The Labute approximate surface area is 139 Å². The van der Waals surface area contributed by atoms with Gasteiger partial charge in [-0.1, -0.05) is 0 Å². The van der Waals surface area contributed by atoms with Crippen LogP contribution in [0, 0.1) is 5.82 Å². The minimum absolute atomic E-state index is 0.255. The van der Waals surface area contributed by atoms with Crippen LogP contribution in [-0.4, -0.2) is 43.1 Å². The largest absolute Gasteiger partial charge is 0.497 e. The van der Waals surface area contributed by atoms with Crippen LogP contribution < -0.4 is 15.0 Å². The number of fused-ring (bicyclic) bond motifs is 1. The molecule has 2 aromatic carbocycles. The molecule has 1 saturated heterocycles. The van der Waals surface area contributed by atoms with Crippen LogP contribution in [0.4, 0.5) is 10.2 Å². The van der Waals surface area contributed by atoms with Crippen LogP contribution in [0.5, 0.6) is 5.75 Å². The zero-order chi connectivity index (χ0) is 16.5. The summed E-state index contributed by atoms with van der Waals surface area (Å²) in [7, 11) is 1.65. The van der Waals surface area contributed by atoms with E-state index in [9.17, 15) is 4.39 Å². The number of rotatable bonds is 3. The zero-order valence-electron chi connectivity index (χ0n) is 13.5. The van der Waals surface area contributed by atoms with Gasteiger partial charge in [0.15, 0.2) is 5.82 Å². The van der Waals surface area contributed by atoms with Gasteiger partial charge in [0.25, 0.3) is 0 Å². The average molecular weight is 326 g/mol. The van der Waals surface area contributed by atoms with Gasteiger partial charge >= 0.3 is 0 Å². The number of piperazine rings is 1. The molecule has 6 heteroatoms. The minimum atomic E-state index is -0.255. The fourth-order valence-electron chi connectivity index (χ4n) is 3.09. The smallest absolute Gasteiger partial charge is 0.159 e. The summed E-state index contributed by atoms with van der Waals surface area (Å²) in [5, 5.41) is 9.25. The topological polar surface area (TPSA) is 42.3 Å². The normalized spacial score (nSPS) is 15.0. The third-order valence-electron chi connectivity index (χ3n) is 4.36. The molecule has 4 rings (SSSR count). The van der Waals surface area contributed by atoms with Crippen LogP contribution >= 0.6 is 0 Å². The Hall–Kier alpha value is -2.60. The van der Waals surface area contributed by atoms with E-state index in [1.54, 1.807) is 19.2 Å². The monoisotopic (exact) mass is 326 g/mol. The van der Waals surface area contributed by atoms with Crippen molar-refractivity contribution < 1.29 is 9.13 Å². The highest BCUT2D eigenvalue weighted by Gasteiger charge is 2.19. The van der Waals surface area contributed by atoms with Crippen LogP contribution in [0.2, 0.25) is 0 Å². The lowest BCUT2D eigenvalue weighted by Gasteiger charge is -2.27. The molecule has 2 heterocycles. The number of nitrogens with one attached hydrogen (secondary N) is 1. The van der Waals surface area contributed by atoms with Crippen molar-refractivity contribution in [3.8, 4) is 11.4 Å². The van der Waals surface area contributed by atoms with Gasteiger partial charge in [0.2, 0.25) is 0 Å². The molecular weight excluding hydrogens is 307 g/mol. The number of ether oxygens (including phenoxy) is 1.